The van der Waals surface area contributed by atoms with Gasteiger partial charge in [0.2, 0.25) is 0 Å². The van der Waals surface area contributed by atoms with Crippen molar-refractivity contribution in [2.75, 3.05) is 6.54 Å². The fraction of sp³-hybridized carbons (Fsp3) is 0.400. The molecule has 1 heterocycles. The number of carbonyl (C=O) groups is 2. The highest BCUT2D eigenvalue weighted by Crippen LogP contribution is 2.19. The molecule has 1 aromatic heterocycles. The lowest BCUT2D eigenvalue weighted by Gasteiger charge is -2.19. The van der Waals surface area contributed by atoms with Crippen LogP contribution in [0.15, 0.2) is 18.3 Å². The van der Waals surface area contributed by atoms with Crippen LogP contribution >= 0.6 is 0 Å². The summed E-state index contributed by atoms with van der Waals surface area (Å²) < 4.78 is 20.1. The molecule has 0 radical (unpaired) electrons. The van der Waals surface area contributed by atoms with Crippen molar-refractivity contribution < 1.29 is 18.7 Å². The van der Waals surface area contributed by atoms with Crippen LogP contribution in [0.5, 0.6) is 0 Å². The maximum Gasteiger partial charge on any atom is 0.407 e. The fourth-order valence-corrected chi connectivity index (χ4v) is 2.04. The first-order valence-electron chi connectivity index (χ1n) is 7.09. The van der Waals surface area contributed by atoms with Crippen LogP contribution < -0.4 is 11.1 Å². The number of benzene rings is 1. The van der Waals surface area contributed by atoms with Gasteiger partial charge in [0.05, 0.1) is 12.1 Å². The molecule has 2 amide bonds. The zero-order chi connectivity index (χ0) is 17.2. The molecule has 8 heteroatoms. The summed E-state index contributed by atoms with van der Waals surface area (Å²) in [5.74, 6) is -1.30. The topological polar surface area (TPSA) is 99.2 Å². The molecule has 0 unspecified atom stereocenters. The largest absolute Gasteiger partial charge is 0.444 e. The number of amides is 2. The molecule has 2 rings (SSSR count). The van der Waals surface area contributed by atoms with Crippen LogP contribution in [-0.2, 0) is 11.3 Å². The minimum Gasteiger partial charge on any atom is -0.444 e. The van der Waals surface area contributed by atoms with Crippen molar-refractivity contribution in [2.24, 2.45) is 5.73 Å². The average molecular weight is 322 g/mol. The number of alkyl carbamates (subject to hydrolysis) is 1. The molecule has 3 N–H and O–H groups in total. The number of primary amides is 1. The zero-order valence-corrected chi connectivity index (χ0v) is 13.2. The van der Waals surface area contributed by atoms with E-state index in [1.807, 2.05) is 0 Å². The highest BCUT2D eigenvalue weighted by atomic mass is 19.1. The molecule has 0 aliphatic rings. The molecular weight excluding hydrogens is 303 g/mol. The normalized spacial score (nSPS) is 11.5. The number of carbonyl (C=O) groups excluding carboxylic acids is 2. The minimum atomic E-state index is -0.744. The molecule has 0 atom stereocenters. The zero-order valence-electron chi connectivity index (χ0n) is 13.2. The van der Waals surface area contributed by atoms with Crippen LogP contribution in [0.3, 0.4) is 0 Å². The Kier molecular flexibility index (Phi) is 4.53. The van der Waals surface area contributed by atoms with Crippen LogP contribution in [0.2, 0.25) is 0 Å². The van der Waals surface area contributed by atoms with Crippen molar-refractivity contribution in [1.82, 2.24) is 15.1 Å². The van der Waals surface area contributed by atoms with E-state index in [0.29, 0.717) is 17.4 Å². The minimum absolute atomic E-state index is 0.0267. The van der Waals surface area contributed by atoms with E-state index in [4.69, 9.17) is 10.5 Å². The maximum atomic E-state index is 13.5. The lowest BCUT2D eigenvalue weighted by Crippen LogP contribution is -2.34. The number of ether oxygens (including phenoxy) is 1. The molecule has 7 nitrogen and oxygen atoms in total. The van der Waals surface area contributed by atoms with E-state index < -0.39 is 23.4 Å². The van der Waals surface area contributed by atoms with Crippen molar-refractivity contribution in [2.45, 2.75) is 32.9 Å². The van der Waals surface area contributed by atoms with Gasteiger partial charge in [0.1, 0.15) is 16.9 Å². The number of rotatable bonds is 4. The Hall–Kier alpha value is -2.64. The standard InChI is InChI=1S/C15H19FN4O3/c1-15(2,3)23-14(22)18-4-5-20-8-9-6-10(16)7-11(13(17)21)12(9)19-20/h6-8H,4-5H2,1-3H3,(H2,17,21)(H,18,22). The summed E-state index contributed by atoms with van der Waals surface area (Å²) >= 11 is 0. The van der Waals surface area contributed by atoms with E-state index in [2.05, 4.69) is 10.4 Å². The van der Waals surface area contributed by atoms with Gasteiger partial charge in [-0.15, -0.1) is 0 Å². The van der Waals surface area contributed by atoms with Gasteiger partial charge in [0.15, 0.2) is 0 Å². The predicted octanol–water partition coefficient (Wildman–Crippen LogP) is 1.80. The molecule has 0 saturated carbocycles. The van der Waals surface area contributed by atoms with Gasteiger partial charge in [-0.25, -0.2) is 9.18 Å². The highest BCUT2D eigenvalue weighted by molar-refractivity contribution is 6.04. The smallest absolute Gasteiger partial charge is 0.407 e. The number of hydrogen-bond acceptors (Lipinski definition) is 4. The molecule has 0 spiro atoms. The number of aromatic nitrogens is 2. The Balaban J connectivity index is 2.06. The Morgan fingerprint density at radius 2 is 2.09 bits per heavy atom. The molecule has 124 valence electrons. The van der Waals surface area contributed by atoms with Crippen LogP contribution in [0.1, 0.15) is 31.1 Å². The second-order valence-electron chi connectivity index (χ2n) is 6.08. The number of nitrogens with one attached hydrogen (secondary N) is 1. The first kappa shape index (κ1) is 16.7. The lowest BCUT2D eigenvalue weighted by molar-refractivity contribution is 0.0525. The summed E-state index contributed by atoms with van der Waals surface area (Å²) in [5.41, 5.74) is 5.01. The monoisotopic (exact) mass is 322 g/mol. The van der Waals surface area contributed by atoms with E-state index >= 15 is 0 Å². The van der Waals surface area contributed by atoms with Crippen molar-refractivity contribution in [3.63, 3.8) is 0 Å². The molecule has 2 aromatic rings. The third-order valence-electron chi connectivity index (χ3n) is 2.90. The fourth-order valence-electron chi connectivity index (χ4n) is 2.04. The molecular formula is C15H19FN4O3. The predicted molar refractivity (Wildman–Crippen MR) is 82.4 cm³/mol. The quantitative estimate of drug-likeness (QED) is 0.896. The second-order valence-corrected chi connectivity index (χ2v) is 6.08. The van der Waals surface area contributed by atoms with Gasteiger partial charge >= 0.3 is 6.09 Å². The second kappa shape index (κ2) is 6.23. The van der Waals surface area contributed by atoms with Gasteiger partial charge in [0, 0.05) is 18.1 Å². The van der Waals surface area contributed by atoms with Gasteiger partial charge in [-0.1, -0.05) is 0 Å². The SMILES string of the molecule is CC(C)(C)OC(=O)NCCn1cc2cc(F)cc(C(N)=O)c2n1. The summed E-state index contributed by atoms with van der Waals surface area (Å²) in [5, 5.41) is 7.27. The number of nitrogens with zero attached hydrogens (tertiary/aromatic N) is 2. The summed E-state index contributed by atoms with van der Waals surface area (Å²) in [6.45, 7) is 5.93. The van der Waals surface area contributed by atoms with E-state index in [1.54, 1.807) is 27.0 Å². The van der Waals surface area contributed by atoms with Crippen molar-refractivity contribution in [1.29, 1.82) is 0 Å². The maximum absolute atomic E-state index is 13.5. The third-order valence-corrected chi connectivity index (χ3v) is 2.90. The molecule has 23 heavy (non-hydrogen) atoms. The number of nitrogens with two attached hydrogens (primary N) is 1. The van der Waals surface area contributed by atoms with Gasteiger partial charge in [0.25, 0.3) is 5.91 Å². The van der Waals surface area contributed by atoms with Gasteiger partial charge < -0.3 is 15.8 Å². The van der Waals surface area contributed by atoms with E-state index in [-0.39, 0.29) is 12.1 Å². The summed E-state index contributed by atoms with van der Waals surface area (Å²) in [4.78, 5) is 22.9. The first-order valence-corrected chi connectivity index (χ1v) is 7.09. The van der Waals surface area contributed by atoms with Crippen molar-refractivity contribution in [3.8, 4) is 0 Å². The molecule has 0 aliphatic carbocycles. The van der Waals surface area contributed by atoms with E-state index in [9.17, 15) is 14.0 Å². The Morgan fingerprint density at radius 3 is 2.70 bits per heavy atom. The van der Waals surface area contributed by atoms with Gasteiger partial charge in [-0.3, -0.25) is 9.48 Å². The Morgan fingerprint density at radius 1 is 1.39 bits per heavy atom. The average Bonchev–Trinajstić information content (AvgIpc) is 2.77. The molecule has 0 fully saturated rings. The molecule has 0 aliphatic heterocycles. The number of hydrogen-bond donors (Lipinski definition) is 2. The van der Waals surface area contributed by atoms with E-state index in [0.717, 1.165) is 6.07 Å². The number of fused-ring (bicyclic) bond motifs is 1. The van der Waals surface area contributed by atoms with Gasteiger partial charge in [-0.05, 0) is 32.9 Å². The van der Waals surface area contributed by atoms with E-state index in [1.165, 1.54) is 10.7 Å². The van der Waals surface area contributed by atoms with Crippen molar-refractivity contribution in [3.05, 3.63) is 29.7 Å². The summed E-state index contributed by atoms with van der Waals surface area (Å²) in [7, 11) is 0. The van der Waals surface area contributed by atoms with Crippen molar-refractivity contribution >= 4 is 22.9 Å². The summed E-state index contributed by atoms with van der Waals surface area (Å²) in [6, 6.07) is 2.33. The molecule has 1 aromatic carbocycles. The molecule has 0 bridgehead atoms. The van der Waals surface area contributed by atoms with Gasteiger partial charge in [-0.2, -0.15) is 5.10 Å². The number of halogens is 1. The first-order chi connectivity index (χ1) is 10.7. The highest BCUT2D eigenvalue weighted by Gasteiger charge is 2.16. The lowest BCUT2D eigenvalue weighted by atomic mass is 10.1. The molecule has 0 saturated heterocycles. The summed E-state index contributed by atoms with van der Waals surface area (Å²) in [6.07, 6.45) is 1.06. The van der Waals surface area contributed by atoms with Crippen LogP contribution in [0.4, 0.5) is 9.18 Å². The van der Waals surface area contributed by atoms with Crippen LogP contribution in [-0.4, -0.2) is 33.9 Å². The van der Waals surface area contributed by atoms with Crippen LogP contribution in [0, 0.1) is 5.82 Å². The third kappa shape index (κ3) is 4.41. The Bertz CT molecular complexity index is 749. The van der Waals surface area contributed by atoms with Crippen LogP contribution in [0.25, 0.3) is 10.9 Å². The Labute approximate surface area is 132 Å².